The predicted octanol–water partition coefficient (Wildman–Crippen LogP) is 1.39. The van der Waals surface area contributed by atoms with E-state index in [9.17, 15) is 4.79 Å². The van der Waals surface area contributed by atoms with Crippen molar-refractivity contribution < 1.29 is 9.53 Å². The number of aliphatic imine (C=N–C) groups is 1. The van der Waals surface area contributed by atoms with E-state index in [1.165, 1.54) is 5.56 Å². The maximum absolute atomic E-state index is 12.0. The van der Waals surface area contributed by atoms with Gasteiger partial charge in [-0.3, -0.25) is 15.1 Å². The molecule has 1 atom stereocenters. The lowest BCUT2D eigenvalue weighted by atomic mass is 10.0. The molecule has 1 aromatic rings. The minimum Gasteiger partial charge on any atom is -0.493 e. The number of carbonyl (C=O) groups is 1. The highest BCUT2D eigenvalue weighted by atomic mass is 16.5. The van der Waals surface area contributed by atoms with Crippen LogP contribution >= 0.6 is 0 Å². The molecular formula is C15H19N3O2. The van der Waals surface area contributed by atoms with Gasteiger partial charge >= 0.3 is 0 Å². The summed E-state index contributed by atoms with van der Waals surface area (Å²) in [6.07, 6.45) is 0.909. The largest absolute Gasteiger partial charge is 0.493 e. The van der Waals surface area contributed by atoms with Crippen molar-refractivity contribution in [1.82, 2.24) is 10.6 Å². The van der Waals surface area contributed by atoms with Gasteiger partial charge in [0, 0.05) is 13.0 Å². The first-order valence-corrected chi connectivity index (χ1v) is 7.01. The highest BCUT2D eigenvalue weighted by molar-refractivity contribution is 6.06. The Hall–Kier alpha value is -2.04. The molecule has 2 N–H and O–H groups in total. The summed E-state index contributed by atoms with van der Waals surface area (Å²) in [4.78, 5) is 16.4. The molecule has 0 aliphatic carbocycles. The standard InChI is InChI=1S/C15H19N3O2/c1-9(2)8-16-15-17-13(14(19)18-15)11-3-4-12-10(7-11)5-6-20-12/h3-4,7,9,13H,5-6,8H2,1-2H3,(H2,16,17,18,19). The van der Waals surface area contributed by atoms with Crippen LogP contribution < -0.4 is 15.4 Å². The van der Waals surface area contributed by atoms with Gasteiger partial charge in [0.25, 0.3) is 5.91 Å². The Kier molecular flexibility index (Phi) is 3.34. The van der Waals surface area contributed by atoms with Crippen molar-refractivity contribution >= 4 is 11.9 Å². The molecule has 1 fully saturated rings. The zero-order chi connectivity index (χ0) is 14.1. The number of fused-ring (bicyclic) bond motifs is 1. The fraction of sp³-hybridized carbons (Fsp3) is 0.467. The molecule has 1 saturated heterocycles. The number of hydrogen-bond donors (Lipinski definition) is 2. The fourth-order valence-corrected chi connectivity index (χ4v) is 2.41. The lowest BCUT2D eigenvalue weighted by molar-refractivity contribution is -0.120. The lowest BCUT2D eigenvalue weighted by Gasteiger charge is -2.09. The number of carbonyl (C=O) groups excluding carboxylic acids is 1. The molecule has 5 nitrogen and oxygen atoms in total. The first kappa shape index (κ1) is 13.0. The van der Waals surface area contributed by atoms with E-state index in [-0.39, 0.29) is 11.9 Å². The Morgan fingerprint density at radius 3 is 3.10 bits per heavy atom. The molecule has 0 spiro atoms. The third kappa shape index (κ3) is 2.48. The normalized spacial score (nSPS) is 22.6. The number of amides is 1. The van der Waals surface area contributed by atoms with E-state index >= 15 is 0 Å². The van der Waals surface area contributed by atoms with Crippen LogP contribution in [0.4, 0.5) is 0 Å². The molecule has 20 heavy (non-hydrogen) atoms. The molecule has 0 saturated carbocycles. The molecule has 0 radical (unpaired) electrons. The highest BCUT2D eigenvalue weighted by Crippen LogP contribution is 2.28. The van der Waals surface area contributed by atoms with Crippen molar-refractivity contribution in [2.75, 3.05) is 13.2 Å². The number of nitrogens with one attached hydrogen (secondary N) is 2. The summed E-state index contributed by atoms with van der Waals surface area (Å²) >= 11 is 0. The average Bonchev–Trinajstić information content (AvgIpc) is 3.01. The van der Waals surface area contributed by atoms with E-state index < -0.39 is 0 Å². The zero-order valence-corrected chi connectivity index (χ0v) is 11.8. The van der Waals surface area contributed by atoms with Crippen LogP contribution in [0.1, 0.15) is 31.0 Å². The van der Waals surface area contributed by atoms with E-state index in [1.54, 1.807) is 0 Å². The average molecular weight is 273 g/mol. The van der Waals surface area contributed by atoms with Gasteiger partial charge in [-0.1, -0.05) is 19.9 Å². The first-order chi connectivity index (χ1) is 9.63. The van der Waals surface area contributed by atoms with Gasteiger partial charge in [-0.05, 0) is 29.2 Å². The topological polar surface area (TPSA) is 62.7 Å². The molecule has 2 aliphatic heterocycles. The maximum Gasteiger partial charge on any atom is 0.253 e. The Labute approximate surface area is 118 Å². The molecule has 3 rings (SSSR count). The molecule has 0 aromatic heterocycles. The van der Waals surface area contributed by atoms with Gasteiger partial charge in [-0.2, -0.15) is 0 Å². The summed E-state index contributed by atoms with van der Waals surface area (Å²) in [7, 11) is 0. The SMILES string of the molecule is CC(C)CN=C1NC(=O)C(c2ccc3c(c2)CCO3)N1. The number of guanidine groups is 1. The van der Waals surface area contributed by atoms with Gasteiger partial charge in [0.15, 0.2) is 5.96 Å². The lowest BCUT2D eigenvalue weighted by Crippen LogP contribution is -2.26. The predicted molar refractivity (Wildman–Crippen MR) is 76.8 cm³/mol. The molecule has 1 amide bonds. The van der Waals surface area contributed by atoms with Crippen LogP contribution in [-0.2, 0) is 11.2 Å². The van der Waals surface area contributed by atoms with Gasteiger partial charge in [-0.15, -0.1) is 0 Å². The van der Waals surface area contributed by atoms with Gasteiger partial charge < -0.3 is 10.1 Å². The van der Waals surface area contributed by atoms with Crippen LogP contribution in [0.25, 0.3) is 0 Å². The summed E-state index contributed by atoms with van der Waals surface area (Å²) in [5, 5.41) is 5.95. The van der Waals surface area contributed by atoms with E-state index in [2.05, 4.69) is 29.5 Å². The van der Waals surface area contributed by atoms with Crippen LogP contribution in [0.3, 0.4) is 0 Å². The molecule has 5 heteroatoms. The van der Waals surface area contributed by atoms with E-state index in [1.807, 2.05) is 18.2 Å². The zero-order valence-electron chi connectivity index (χ0n) is 11.8. The van der Waals surface area contributed by atoms with Crippen molar-refractivity contribution in [3.63, 3.8) is 0 Å². The monoisotopic (exact) mass is 273 g/mol. The minimum atomic E-state index is -0.355. The van der Waals surface area contributed by atoms with E-state index in [4.69, 9.17) is 4.74 Å². The third-order valence-electron chi connectivity index (χ3n) is 3.45. The van der Waals surface area contributed by atoms with Crippen LogP contribution in [0.2, 0.25) is 0 Å². The van der Waals surface area contributed by atoms with Gasteiger partial charge in [-0.25, -0.2) is 0 Å². The van der Waals surface area contributed by atoms with E-state index in [0.717, 1.165) is 24.3 Å². The fourth-order valence-electron chi connectivity index (χ4n) is 2.41. The Bertz CT molecular complexity index is 566. The van der Waals surface area contributed by atoms with Crippen LogP contribution in [-0.4, -0.2) is 25.0 Å². The van der Waals surface area contributed by atoms with Crippen LogP contribution in [0.15, 0.2) is 23.2 Å². The Balaban J connectivity index is 1.77. The quantitative estimate of drug-likeness (QED) is 0.875. The molecule has 1 aromatic carbocycles. The first-order valence-electron chi connectivity index (χ1n) is 7.01. The molecule has 106 valence electrons. The number of nitrogens with zero attached hydrogens (tertiary/aromatic N) is 1. The van der Waals surface area contributed by atoms with Crippen LogP contribution in [0.5, 0.6) is 5.75 Å². The van der Waals surface area contributed by atoms with E-state index in [0.29, 0.717) is 18.4 Å². The number of benzene rings is 1. The summed E-state index contributed by atoms with van der Waals surface area (Å²) in [6.45, 7) is 5.62. The van der Waals surface area contributed by atoms with Crippen molar-refractivity contribution in [2.45, 2.75) is 26.3 Å². The van der Waals surface area contributed by atoms with Crippen molar-refractivity contribution in [3.8, 4) is 5.75 Å². The number of hydrogen-bond acceptors (Lipinski definition) is 3. The third-order valence-corrected chi connectivity index (χ3v) is 3.45. The summed E-state index contributed by atoms with van der Waals surface area (Å²) in [6, 6.07) is 5.57. The summed E-state index contributed by atoms with van der Waals surface area (Å²) in [5.41, 5.74) is 2.13. The number of rotatable bonds is 3. The second kappa shape index (κ2) is 5.15. The van der Waals surface area contributed by atoms with Gasteiger partial charge in [0.2, 0.25) is 0 Å². The molecule has 0 bridgehead atoms. The Morgan fingerprint density at radius 2 is 2.30 bits per heavy atom. The highest BCUT2D eigenvalue weighted by Gasteiger charge is 2.30. The smallest absolute Gasteiger partial charge is 0.253 e. The maximum atomic E-state index is 12.0. The molecular weight excluding hydrogens is 254 g/mol. The minimum absolute atomic E-state index is 0.0497. The molecule has 2 aliphatic rings. The van der Waals surface area contributed by atoms with Crippen molar-refractivity contribution in [1.29, 1.82) is 0 Å². The van der Waals surface area contributed by atoms with Crippen LogP contribution in [0, 0.1) is 5.92 Å². The second-order valence-corrected chi connectivity index (χ2v) is 5.62. The Morgan fingerprint density at radius 1 is 1.45 bits per heavy atom. The summed E-state index contributed by atoms with van der Waals surface area (Å²) in [5.74, 6) is 1.93. The van der Waals surface area contributed by atoms with Gasteiger partial charge in [0.1, 0.15) is 11.8 Å². The summed E-state index contributed by atoms with van der Waals surface area (Å²) < 4.78 is 5.48. The number of ether oxygens (including phenoxy) is 1. The van der Waals surface area contributed by atoms with Crippen molar-refractivity contribution in [3.05, 3.63) is 29.3 Å². The van der Waals surface area contributed by atoms with Crippen molar-refractivity contribution in [2.24, 2.45) is 10.9 Å². The molecule has 1 unspecified atom stereocenters. The second-order valence-electron chi connectivity index (χ2n) is 5.62. The molecule has 2 heterocycles. The van der Waals surface area contributed by atoms with Gasteiger partial charge in [0.05, 0.1) is 6.61 Å².